The third-order valence-electron chi connectivity index (χ3n) is 3.63. The van der Waals surface area contributed by atoms with E-state index in [1.165, 1.54) is 6.07 Å². The van der Waals surface area contributed by atoms with Gasteiger partial charge in [0.2, 0.25) is 10.0 Å². The number of nitrogen functional groups attached to an aromatic ring is 1. The van der Waals surface area contributed by atoms with Gasteiger partial charge < -0.3 is 10.6 Å². The van der Waals surface area contributed by atoms with Gasteiger partial charge in [-0.1, -0.05) is 0 Å². The third kappa shape index (κ3) is 2.91. The maximum absolute atomic E-state index is 12.6. The molecule has 0 aliphatic carbocycles. The molecule has 1 aliphatic heterocycles. The number of nitrogens with zero attached hydrogens (tertiary/aromatic N) is 2. The van der Waals surface area contributed by atoms with Crippen LogP contribution in [-0.2, 0) is 10.0 Å². The highest BCUT2D eigenvalue weighted by Crippen LogP contribution is 2.22. The molecule has 1 saturated heterocycles. The Hall–Kier alpha value is -1.11. The van der Waals surface area contributed by atoms with Crippen LogP contribution in [-0.4, -0.2) is 50.3 Å². The van der Waals surface area contributed by atoms with Gasteiger partial charge in [0.05, 0.1) is 4.90 Å². The fourth-order valence-electron chi connectivity index (χ4n) is 2.31. The summed E-state index contributed by atoms with van der Waals surface area (Å²) in [5, 5.41) is 0. The Kier molecular flexibility index (Phi) is 3.85. The summed E-state index contributed by atoms with van der Waals surface area (Å²) in [6, 6.07) is 5.21. The lowest BCUT2D eigenvalue weighted by Crippen LogP contribution is -2.51. The quantitative estimate of drug-likeness (QED) is 0.819. The van der Waals surface area contributed by atoms with Crippen LogP contribution in [0, 0.1) is 6.92 Å². The molecule has 0 bridgehead atoms. The zero-order valence-electron chi connectivity index (χ0n) is 11.6. The van der Waals surface area contributed by atoms with Crippen molar-refractivity contribution in [1.29, 1.82) is 0 Å². The van der Waals surface area contributed by atoms with Crippen LogP contribution in [0.3, 0.4) is 0 Å². The Bertz CT molecular complexity index is 551. The molecule has 0 saturated carbocycles. The normalized spacial score (nSPS) is 22.6. The minimum atomic E-state index is -3.44. The van der Waals surface area contributed by atoms with Gasteiger partial charge >= 0.3 is 0 Å². The number of hydrogen-bond acceptors (Lipinski definition) is 4. The second-order valence-corrected chi connectivity index (χ2v) is 7.21. The van der Waals surface area contributed by atoms with Gasteiger partial charge in [0.15, 0.2) is 0 Å². The van der Waals surface area contributed by atoms with Crippen LogP contribution in [0.4, 0.5) is 5.69 Å². The van der Waals surface area contributed by atoms with Crippen molar-refractivity contribution in [3.05, 3.63) is 23.8 Å². The molecule has 19 heavy (non-hydrogen) atoms. The highest BCUT2D eigenvalue weighted by Gasteiger charge is 2.30. The second-order valence-electron chi connectivity index (χ2n) is 5.27. The highest BCUT2D eigenvalue weighted by atomic mass is 32.2. The first-order chi connectivity index (χ1) is 8.80. The number of aryl methyl sites for hydroxylation is 1. The first kappa shape index (κ1) is 14.3. The van der Waals surface area contributed by atoms with E-state index in [1.807, 2.05) is 20.9 Å². The van der Waals surface area contributed by atoms with Gasteiger partial charge in [-0.3, -0.25) is 0 Å². The van der Waals surface area contributed by atoms with E-state index in [4.69, 9.17) is 5.73 Å². The average molecular weight is 283 g/mol. The molecule has 1 atom stereocenters. The monoisotopic (exact) mass is 283 g/mol. The molecule has 2 N–H and O–H groups in total. The van der Waals surface area contributed by atoms with Crippen LogP contribution in [0.25, 0.3) is 0 Å². The molecule has 1 unspecified atom stereocenters. The number of likely N-dealkylation sites (N-methyl/N-ethyl adjacent to an activating group) is 1. The van der Waals surface area contributed by atoms with Crippen LogP contribution in [0.5, 0.6) is 0 Å². The van der Waals surface area contributed by atoms with Gasteiger partial charge in [-0.2, -0.15) is 4.31 Å². The summed E-state index contributed by atoms with van der Waals surface area (Å²) in [6.07, 6.45) is 0. The second kappa shape index (κ2) is 5.11. The standard InChI is InChI=1S/C13H21N3O2S/c1-10-6-12(14)8-13(7-10)19(17,18)16-5-4-15(3)11(2)9-16/h6-8,11H,4-5,9,14H2,1-3H3. The van der Waals surface area contributed by atoms with Gasteiger partial charge in [0, 0.05) is 31.4 Å². The molecule has 106 valence electrons. The zero-order valence-corrected chi connectivity index (χ0v) is 12.4. The maximum atomic E-state index is 12.6. The summed E-state index contributed by atoms with van der Waals surface area (Å²) in [5.41, 5.74) is 7.09. The van der Waals surface area contributed by atoms with Crippen LogP contribution in [0.1, 0.15) is 12.5 Å². The van der Waals surface area contributed by atoms with Crippen molar-refractivity contribution in [3.63, 3.8) is 0 Å². The number of rotatable bonds is 2. The van der Waals surface area contributed by atoms with E-state index in [1.54, 1.807) is 16.4 Å². The minimum Gasteiger partial charge on any atom is -0.399 e. The van der Waals surface area contributed by atoms with Crippen molar-refractivity contribution >= 4 is 15.7 Å². The number of nitrogens with two attached hydrogens (primary N) is 1. The van der Waals surface area contributed by atoms with Gasteiger partial charge in [-0.25, -0.2) is 8.42 Å². The molecule has 0 radical (unpaired) electrons. The smallest absolute Gasteiger partial charge is 0.243 e. The Morgan fingerprint density at radius 1 is 1.26 bits per heavy atom. The van der Waals surface area contributed by atoms with E-state index >= 15 is 0 Å². The van der Waals surface area contributed by atoms with Gasteiger partial charge in [0.1, 0.15) is 0 Å². The van der Waals surface area contributed by atoms with Crippen LogP contribution >= 0.6 is 0 Å². The van der Waals surface area contributed by atoms with Gasteiger partial charge in [-0.05, 0) is 44.7 Å². The highest BCUT2D eigenvalue weighted by molar-refractivity contribution is 7.89. The Balaban J connectivity index is 2.32. The SMILES string of the molecule is Cc1cc(N)cc(S(=O)(=O)N2CCN(C)C(C)C2)c1. The number of anilines is 1. The summed E-state index contributed by atoms with van der Waals surface area (Å²) in [7, 11) is -1.42. The lowest BCUT2D eigenvalue weighted by Gasteiger charge is -2.36. The van der Waals surface area contributed by atoms with E-state index in [9.17, 15) is 8.42 Å². The number of benzene rings is 1. The Labute approximate surface area is 115 Å². The van der Waals surface area contributed by atoms with Gasteiger partial charge in [-0.15, -0.1) is 0 Å². The molecular formula is C13H21N3O2S. The first-order valence-electron chi connectivity index (χ1n) is 6.38. The van der Waals surface area contributed by atoms with E-state index < -0.39 is 10.0 Å². The van der Waals surface area contributed by atoms with Crippen molar-refractivity contribution in [2.24, 2.45) is 0 Å². The lowest BCUT2D eigenvalue weighted by molar-refractivity contribution is 0.159. The molecule has 1 aliphatic rings. The Morgan fingerprint density at radius 2 is 1.95 bits per heavy atom. The van der Waals surface area contributed by atoms with Crippen LogP contribution in [0.15, 0.2) is 23.1 Å². The lowest BCUT2D eigenvalue weighted by atomic mass is 10.2. The van der Waals surface area contributed by atoms with Crippen molar-refractivity contribution in [1.82, 2.24) is 9.21 Å². The van der Waals surface area contributed by atoms with Gasteiger partial charge in [0.25, 0.3) is 0 Å². The van der Waals surface area contributed by atoms with Crippen LogP contribution in [0.2, 0.25) is 0 Å². The number of hydrogen-bond donors (Lipinski definition) is 1. The zero-order chi connectivity index (χ0) is 14.2. The van der Waals surface area contributed by atoms with Crippen molar-refractivity contribution < 1.29 is 8.42 Å². The molecule has 0 amide bonds. The van der Waals surface area contributed by atoms with E-state index in [0.29, 0.717) is 23.7 Å². The van der Waals surface area contributed by atoms with Crippen molar-refractivity contribution in [2.45, 2.75) is 24.8 Å². The molecule has 1 aromatic carbocycles. The van der Waals surface area contributed by atoms with Crippen molar-refractivity contribution in [3.8, 4) is 0 Å². The number of piperazine rings is 1. The topological polar surface area (TPSA) is 66.6 Å². The molecular weight excluding hydrogens is 262 g/mol. The fraction of sp³-hybridized carbons (Fsp3) is 0.538. The molecule has 0 spiro atoms. The third-order valence-corrected chi connectivity index (χ3v) is 5.48. The molecule has 6 heteroatoms. The van der Waals surface area contributed by atoms with E-state index in [-0.39, 0.29) is 6.04 Å². The molecule has 1 fully saturated rings. The van der Waals surface area contributed by atoms with Crippen LogP contribution < -0.4 is 5.73 Å². The van der Waals surface area contributed by atoms with Crippen molar-refractivity contribution in [2.75, 3.05) is 32.4 Å². The summed E-state index contributed by atoms with van der Waals surface area (Å²) in [5.74, 6) is 0. The average Bonchev–Trinajstić information content (AvgIpc) is 2.31. The molecule has 1 heterocycles. The molecule has 2 rings (SSSR count). The minimum absolute atomic E-state index is 0.227. The summed E-state index contributed by atoms with van der Waals surface area (Å²) in [6.45, 7) is 5.68. The summed E-state index contributed by atoms with van der Waals surface area (Å²) in [4.78, 5) is 2.46. The number of sulfonamides is 1. The molecule has 5 nitrogen and oxygen atoms in total. The summed E-state index contributed by atoms with van der Waals surface area (Å²) >= 11 is 0. The van der Waals surface area contributed by atoms with E-state index in [0.717, 1.165) is 12.1 Å². The molecule has 1 aromatic rings. The Morgan fingerprint density at radius 3 is 2.53 bits per heavy atom. The fourth-order valence-corrected chi connectivity index (χ4v) is 3.96. The maximum Gasteiger partial charge on any atom is 0.243 e. The summed E-state index contributed by atoms with van der Waals surface area (Å²) < 4.78 is 26.7. The predicted octanol–water partition coefficient (Wildman–Crippen LogP) is 0.902. The predicted molar refractivity (Wildman–Crippen MR) is 76.4 cm³/mol. The van der Waals surface area contributed by atoms with E-state index in [2.05, 4.69) is 4.90 Å². The molecule has 0 aromatic heterocycles. The largest absolute Gasteiger partial charge is 0.399 e. The first-order valence-corrected chi connectivity index (χ1v) is 7.82.